The SMILES string of the molecule is OC[C@@H]1O[C@H](n2c(Cl)nc3ccccc32)[C@H](O)[C@@H]1O. The Bertz CT molecular complexity index is 602. The van der Waals surface area contributed by atoms with Crippen LogP contribution in [0.1, 0.15) is 6.23 Å². The van der Waals surface area contributed by atoms with E-state index in [1.54, 1.807) is 12.1 Å². The molecule has 0 spiro atoms. The highest BCUT2D eigenvalue weighted by Crippen LogP contribution is 2.34. The summed E-state index contributed by atoms with van der Waals surface area (Å²) < 4.78 is 6.97. The molecular formula is C12H13ClN2O4. The number of aliphatic hydroxyl groups is 3. The smallest absolute Gasteiger partial charge is 0.205 e. The molecule has 0 amide bonds. The van der Waals surface area contributed by atoms with Gasteiger partial charge in [0, 0.05) is 0 Å². The number of nitrogens with zero attached hydrogens (tertiary/aromatic N) is 2. The van der Waals surface area contributed by atoms with Gasteiger partial charge in [0.2, 0.25) is 5.28 Å². The Labute approximate surface area is 113 Å². The van der Waals surface area contributed by atoms with Crippen molar-refractivity contribution in [3.05, 3.63) is 29.5 Å². The van der Waals surface area contributed by atoms with Crippen LogP contribution in [0.25, 0.3) is 11.0 Å². The summed E-state index contributed by atoms with van der Waals surface area (Å²) in [7, 11) is 0. The lowest BCUT2D eigenvalue weighted by atomic mass is 10.1. The molecule has 2 aromatic rings. The van der Waals surface area contributed by atoms with Crippen molar-refractivity contribution in [2.75, 3.05) is 6.61 Å². The predicted molar refractivity (Wildman–Crippen MR) is 67.8 cm³/mol. The van der Waals surface area contributed by atoms with Crippen molar-refractivity contribution in [1.82, 2.24) is 9.55 Å². The topological polar surface area (TPSA) is 87.7 Å². The highest BCUT2D eigenvalue weighted by Gasteiger charge is 2.44. The van der Waals surface area contributed by atoms with E-state index >= 15 is 0 Å². The minimum absolute atomic E-state index is 0.163. The van der Waals surface area contributed by atoms with Crippen LogP contribution in [0.4, 0.5) is 0 Å². The van der Waals surface area contributed by atoms with Crippen LogP contribution in [0.5, 0.6) is 0 Å². The lowest BCUT2D eigenvalue weighted by Crippen LogP contribution is -2.33. The summed E-state index contributed by atoms with van der Waals surface area (Å²) in [6, 6.07) is 7.23. The third kappa shape index (κ3) is 1.92. The van der Waals surface area contributed by atoms with E-state index in [-0.39, 0.29) is 11.9 Å². The molecular weight excluding hydrogens is 272 g/mol. The summed E-state index contributed by atoms with van der Waals surface area (Å²) in [5.74, 6) is 0. The Morgan fingerprint density at radius 2 is 2.00 bits per heavy atom. The van der Waals surface area contributed by atoms with Gasteiger partial charge in [-0.3, -0.25) is 4.57 Å². The Morgan fingerprint density at radius 3 is 2.68 bits per heavy atom. The van der Waals surface area contributed by atoms with Crippen molar-refractivity contribution in [1.29, 1.82) is 0 Å². The van der Waals surface area contributed by atoms with Gasteiger partial charge in [0.25, 0.3) is 0 Å². The minimum Gasteiger partial charge on any atom is -0.394 e. The second-order valence-corrected chi connectivity index (χ2v) is 4.81. The highest BCUT2D eigenvalue weighted by atomic mass is 35.5. The number of aliphatic hydroxyl groups excluding tert-OH is 3. The molecule has 1 aromatic carbocycles. The van der Waals surface area contributed by atoms with E-state index < -0.39 is 24.5 Å². The lowest BCUT2D eigenvalue weighted by Gasteiger charge is -2.18. The number of halogens is 1. The Balaban J connectivity index is 2.07. The molecule has 1 aliphatic rings. The van der Waals surface area contributed by atoms with E-state index in [4.69, 9.17) is 21.4 Å². The van der Waals surface area contributed by atoms with Crippen LogP contribution < -0.4 is 0 Å². The van der Waals surface area contributed by atoms with Crippen molar-refractivity contribution in [2.45, 2.75) is 24.5 Å². The zero-order valence-corrected chi connectivity index (χ0v) is 10.6. The zero-order chi connectivity index (χ0) is 13.6. The van der Waals surface area contributed by atoms with Gasteiger partial charge in [-0.1, -0.05) is 12.1 Å². The van der Waals surface area contributed by atoms with Gasteiger partial charge in [-0.2, -0.15) is 0 Å². The number of benzene rings is 1. The molecule has 0 aliphatic carbocycles. The van der Waals surface area contributed by atoms with Crippen LogP contribution in [0.2, 0.25) is 5.28 Å². The monoisotopic (exact) mass is 284 g/mol. The molecule has 3 N–H and O–H groups in total. The number of ether oxygens (including phenoxy) is 1. The van der Waals surface area contributed by atoms with E-state index in [0.717, 1.165) is 0 Å². The fourth-order valence-electron chi connectivity index (χ4n) is 2.35. The van der Waals surface area contributed by atoms with Gasteiger partial charge in [0.15, 0.2) is 6.23 Å². The molecule has 1 aliphatic heterocycles. The van der Waals surface area contributed by atoms with Crippen LogP contribution in [-0.2, 0) is 4.74 Å². The second-order valence-electron chi connectivity index (χ2n) is 4.47. The van der Waals surface area contributed by atoms with E-state index in [0.29, 0.717) is 11.0 Å². The average Bonchev–Trinajstić information content (AvgIpc) is 2.88. The first-order valence-electron chi connectivity index (χ1n) is 5.88. The lowest BCUT2D eigenvalue weighted by molar-refractivity contribution is -0.0507. The molecule has 7 heteroatoms. The second kappa shape index (κ2) is 4.73. The molecule has 2 heterocycles. The molecule has 0 bridgehead atoms. The molecule has 1 fully saturated rings. The van der Waals surface area contributed by atoms with Crippen LogP contribution in [0.15, 0.2) is 24.3 Å². The predicted octanol–water partition coefficient (Wildman–Crippen LogP) is 0.301. The first-order valence-corrected chi connectivity index (χ1v) is 6.26. The Morgan fingerprint density at radius 1 is 1.26 bits per heavy atom. The fraction of sp³-hybridized carbons (Fsp3) is 0.417. The van der Waals surface area contributed by atoms with E-state index in [1.807, 2.05) is 12.1 Å². The van der Waals surface area contributed by atoms with Crippen molar-refractivity contribution < 1.29 is 20.1 Å². The van der Waals surface area contributed by atoms with Crippen LogP contribution >= 0.6 is 11.6 Å². The van der Waals surface area contributed by atoms with Crippen molar-refractivity contribution in [3.8, 4) is 0 Å². The molecule has 6 nitrogen and oxygen atoms in total. The van der Waals surface area contributed by atoms with Crippen molar-refractivity contribution in [2.24, 2.45) is 0 Å². The van der Waals surface area contributed by atoms with Gasteiger partial charge in [-0.05, 0) is 23.7 Å². The van der Waals surface area contributed by atoms with Gasteiger partial charge in [0.1, 0.15) is 18.3 Å². The fourth-order valence-corrected chi connectivity index (χ4v) is 2.63. The normalized spacial score (nSPS) is 31.2. The number of hydrogen-bond acceptors (Lipinski definition) is 5. The number of fused-ring (bicyclic) bond motifs is 1. The molecule has 1 aromatic heterocycles. The third-order valence-electron chi connectivity index (χ3n) is 3.32. The summed E-state index contributed by atoms with van der Waals surface area (Å²) in [5.41, 5.74) is 1.37. The number of rotatable bonds is 2. The average molecular weight is 285 g/mol. The molecule has 3 rings (SSSR count). The van der Waals surface area contributed by atoms with Crippen LogP contribution in [0.3, 0.4) is 0 Å². The first-order chi connectivity index (χ1) is 9.13. The van der Waals surface area contributed by atoms with Crippen LogP contribution in [0, 0.1) is 0 Å². The van der Waals surface area contributed by atoms with Gasteiger partial charge >= 0.3 is 0 Å². The maximum absolute atomic E-state index is 10.0. The molecule has 102 valence electrons. The van der Waals surface area contributed by atoms with Crippen molar-refractivity contribution >= 4 is 22.6 Å². The number of aromatic nitrogens is 2. The largest absolute Gasteiger partial charge is 0.394 e. The molecule has 0 saturated carbocycles. The number of para-hydroxylation sites is 2. The van der Waals surface area contributed by atoms with Gasteiger partial charge in [-0.15, -0.1) is 0 Å². The third-order valence-corrected chi connectivity index (χ3v) is 3.59. The minimum atomic E-state index is -1.17. The first kappa shape index (κ1) is 12.8. The summed E-state index contributed by atoms with van der Waals surface area (Å²) >= 11 is 6.07. The molecule has 4 atom stereocenters. The van der Waals surface area contributed by atoms with E-state index in [9.17, 15) is 10.2 Å². The number of hydrogen-bond donors (Lipinski definition) is 3. The summed E-state index contributed by atoms with van der Waals surface area (Å²) in [5, 5.41) is 29.1. The molecule has 0 unspecified atom stereocenters. The molecule has 19 heavy (non-hydrogen) atoms. The van der Waals surface area contributed by atoms with E-state index in [2.05, 4.69) is 4.98 Å². The Kier molecular flexibility index (Phi) is 3.20. The van der Waals surface area contributed by atoms with Crippen LogP contribution in [-0.4, -0.2) is 49.8 Å². The maximum Gasteiger partial charge on any atom is 0.205 e. The summed E-state index contributed by atoms with van der Waals surface area (Å²) in [6.45, 7) is -0.376. The van der Waals surface area contributed by atoms with Gasteiger partial charge < -0.3 is 20.1 Å². The van der Waals surface area contributed by atoms with Gasteiger partial charge in [-0.25, -0.2) is 4.98 Å². The molecule has 0 radical (unpaired) electrons. The highest BCUT2D eigenvalue weighted by molar-refractivity contribution is 6.29. The zero-order valence-electron chi connectivity index (χ0n) is 9.85. The van der Waals surface area contributed by atoms with Gasteiger partial charge in [0.05, 0.1) is 17.6 Å². The maximum atomic E-state index is 10.0. The number of imidazole rings is 1. The summed E-state index contributed by atoms with van der Waals surface area (Å²) in [4.78, 5) is 4.16. The standard InChI is InChI=1S/C12H13ClN2O4/c13-12-14-6-3-1-2-4-7(6)15(12)11-10(18)9(17)8(5-16)19-11/h1-4,8-11,16-18H,5H2/t8-,9+,10+,11-/m0/s1. The Hall–Kier alpha value is -1.18. The van der Waals surface area contributed by atoms with Crippen molar-refractivity contribution in [3.63, 3.8) is 0 Å². The van der Waals surface area contributed by atoms with E-state index in [1.165, 1.54) is 4.57 Å². The summed E-state index contributed by atoms with van der Waals surface area (Å²) in [6.07, 6.45) is -4.04. The molecule has 1 saturated heterocycles. The quantitative estimate of drug-likeness (QED) is 0.738.